The highest BCUT2D eigenvalue weighted by molar-refractivity contribution is 7.99. The van der Waals surface area contributed by atoms with E-state index in [2.05, 4.69) is 40.5 Å². The van der Waals surface area contributed by atoms with Gasteiger partial charge in [-0.05, 0) is 25.3 Å². The molecule has 0 unspecified atom stereocenters. The fourth-order valence-corrected chi connectivity index (χ4v) is 4.13. The third-order valence-electron chi connectivity index (χ3n) is 3.71. The molecule has 1 saturated carbocycles. The third-order valence-corrected chi connectivity index (χ3v) is 5.67. The largest absolute Gasteiger partial charge is 0.353 e. The van der Waals surface area contributed by atoms with Crippen LogP contribution < -0.4 is 5.32 Å². The van der Waals surface area contributed by atoms with Crippen molar-refractivity contribution >= 4 is 29.0 Å². The second-order valence-electron chi connectivity index (χ2n) is 5.89. The molecule has 24 heavy (non-hydrogen) atoms. The zero-order valence-corrected chi connectivity index (χ0v) is 15.5. The van der Waals surface area contributed by atoms with Crippen LogP contribution in [0.5, 0.6) is 0 Å². The number of aromatic nitrogens is 3. The molecule has 0 saturated heterocycles. The van der Waals surface area contributed by atoms with E-state index in [9.17, 15) is 4.79 Å². The van der Waals surface area contributed by atoms with Crippen molar-refractivity contribution in [3.8, 4) is 11.4 Å². The lowest BCUT2D eigenvalue weighted by Crippen LogP contribution is -2.27. The summed E-state index contributed by atoms with van der Waals surface area (Å²) in [7, 11) is 0. The smallest absolute Gasteiger partial charge is 0.230 e. The number of aryl methyl sites for hydroxylation is 1. The minimum absolute atomic E-state index is 0.0676. The Morgan fingerprint density at radius 1 is 1.54 bits per heavy atom. The van der Waals surface area contributed by atoms with Gasteiger partial charge in [-0.2, -0.15) is 0 Å². The van der Waals surface area contributed by atoms with E-state index in [0.29, 0.717) is 18.3 Å². The standard InChI is InChI=1S/C17H22N4OS2/c1-3-5-14-9-12(10-23-14)16-19-20-17(21(16)8-4-2)24-11-15(22)18-13-6-7-13/h4,9-10,13H,2-3,5-8,11H2,1H3,(H,18,22). The minimum Gasteiger partial charge on any atom is -0.353 e. The molecule has 0 radical (unpaired) electrons. The molecule has 2 aromatic rings. The SMILES string of the molecule is C=CCn1c(SCC(=O)NC2CC2)nnc1-c1csc(CCC)c1. The second-order valence-corrected chi connectivity index (χ2v) is 7.83. The van der Waals surface area contributed by atoms with E-state index in [1.165, 1.54) is 16.6 Å². The van der Waals surface area contributed by atoms with E-state index in [0.717, 1.165) is 42.2 Å². The van der Waals surface area contributed by atoms with Crippen molar-refractivity contribution in [2.75, 3.05) is 5.75 Å². The van der Waals surface area contributed by atoms with E-state index in [-0.39, 0.29) is 5.91 Å². The number of nitrogens with one attached hydrogen (secondary N) is 1. The lowest BCUT2D eigenvalue weighted by molar-refractivity contribution is -0.118. The Kier molecular flexibility index (Phi) is 5.73. The summed E-state index contributed by atoms with van der Waals surface area (Å²) in [6, 6.07) is 2.58. The molecule has 1 amide bonds. The zero-order valence-electron chi connectivity index (χ0n) is 13.8. The van der Waals surface area contributed by atoms with Gasteiger partial charge < -0.3 is 5.32 Å². The van der Waals surface area contributed by atoms with Gasteiger partial charge in [0.2, 0.25) is 5.91 Å². The molecule has 0 aliphatic heterocycles. The molecule has 128 valence electrons. The number of thiophene rings is 1. The molecule has 1 N–H and O–H groups in total. The first-order chi connectivity index (χ1) is 11.7. The maximum absolute atomic E-state index is 11.9. The van der Waals surface area contributed by atoms with Gasteiger partial charge in [0.1, 0.15) is 0 Å². The molecule has 1 aliphatic carbocycles. The molecule has 1 fully saturated rings. The number of carbonyl (C=O) groups excluding carboxylic acids is 1. The topological polar surface area (TPSA) is 59.8 Å². The van der Waals surface area contributed by atoms with E-state index in [1.54, 1.807) is 11.3 Å². The molecular formula is C17H22N4OS2. The van der Waals surface area contributed by atoms with E-state index in [1.807, 2.05) is 10.6 Å². The van der Waals surface area contributed by atoms with Crippen LogP contribution in [0.2, 0.25) is 0 Å². The molecule has 3 rings (SSSR count). The molecule has 5 nitrogen and oxygen atoms in total. The normalized spacial score (nSPS) is 13.9. The van der Waals surface area contributed by atoms with Crippen LogP contribution in [0.4, 0.5) is 0 Å². The number of allylic oxidation sites excluding steroid dienone is 1. The summed E-state index contributed by atoms with van der Waals surface area (Å²) in [6.45, 7) is 6.64. The Morgan fingerprint density at radius 3 is 3.08 bits per heavy atom. The Balaban J connectivity index is 1.73. The van der Waals surface area contributed by atoms with Gasteiger partial charge in [0, 0.05) is 28.4 Å². The third kappa shape index (κ3) is 4.27. The highest BCUT2D eigenvalue weighted by atomic mass is 32.2. The highest BCUT2D eigenvalue weighted by Crippen LogP contribution is 2.28. The lowest BCUT2D eigenvalue weighted by atomic mass is 10.2. The average molecular weight is 363 g/mol. The van der Waals surface area contributed by atoms with Gasteiger partial charge in [-0.15, -0.1) is 28.1 Å². The van der Waals surface area contributed by atoms with E-state index >= 15 is 0 Å². The molecule has 2 heterocycles. The Bertz CT molecular complexity index is 718. The van der Waals surface area contributed by atoms with Crippen LogP contribution in [0, 0.1) is 0 Å². The van der Waals surface area contributed by atoms with Crippen molar-refractivity contribution in [1.82, 2.24) is 20.1 Å². The maximum Gasteiger partial charge on any atom is 0.230 e. The molecule has 0 atom stereocenters. The highest BCUT2D eigenvalue weighted by Gasteiger charge is 2.23. The van der Waals surface area contributed by atoms with Crippen LogP contribution in [-0.4, -0.2) is 32.5 Å². The predicted octanol–water partition coefficient (Wildman–Crippen LogP) is 3.52. The van der Waals surface area contributed by atoms with Crippen molar-refractivity contribution in [1.29, 1.82) is 0 Å². The van der Waals surface area contributed by atoms with Crippen molar-refractivity contribution in [2.24, 2.45) is 0 Å². The zero-order chi connectivity index (χ0) is 16.9. The molecule has 7 heteroatoms. The summed E-state index contributed by atoms with van der Waals surface area (Å²) in [4.78, 5) is 13.2. The fraction of sp³-hybridized carbons (Fsp3) is 0.471. The van der Waals surface area contributed by atoms with Gasteiger partial charge in [0.15, 0.2) is 11.0 Å². The number of hydrogen-bond donors (Lipinski definition) is 1. The van der Waals surface area contributed by atoms with E-state index in [4.69, 9.17) is 0 Å². The van der Waals surface area contributed by atoms with Crippen molar-refractivity contribution in [3.63, 3.8) is 0 Å². The van der Waals surface area contributed by atoms with Crippen molar-refractivity contribution < 1.29 is 4.79 Å². The molecule has 0 spiro atoms. The summed E-state index contributed by atoms with van der Waals surface area (Å²) >= 11 is 3.19. The summed E-state index contributed by atoms with van der Waals surface area (Å²) < 4.78 is 2.03. The van der Waals surface area contributed by atoms with Crippen LogP contribution in [0.15, 0.2) is 29.3 Å². The lowest BCUT2D eigenvalue weighted by Gasteiger charge is -2.07. The summed E-state index contributed by atoms with van der Waals surface area (Å²) in [5.74, 6) is 1.29. The van der Waals surface area contributed by atoms with Crippen LogP contribution in [0.25, 0.3) is 11.4 Å². The summed E-state index contributed by atoms with van der Waals surface area (Å²) in [5, 5.41) is 14.5. The van der Waals surface area contributed by atoms with Gasteiger partial charge in [-0.25, -0.2) is 0 Å². The van der Waals surface area contributed by atoms with Gasteiger partial charge in [-0.3, -0.25) is 9.36 Å². The number of amides is 1. The summed E-state index contributed by atoms with van der Waals surface area (Å²) in [5.41, 5.74) is 1.09. The van der Waals surface area contributed by atoms with Gasteiger partial charge in [0.25, 0.3) is 0 Å². The molecular weight excluding hydrogens is 340 g/mol. The Hall–Kier alpha value is -1.60. The number of nitrogens with zero attached hydrogens (tertiary/aromatic N) is 3. The first-order valence-corrected chi connectivity index (χ1v) is 10.1. The van der Waals surface area contributed by atoms with E-state index < -0.39 is 0 Å². The summed E-state index contributed by atoms with van der Waals surface area (Å²) in [6.07, 6.45) is 6.26. The first-order valence-electron chi connectivity index (χ1n) is 8.25. The predicted molar refractivity (Wildman–Crippen MR) is 99.4 cm³/mol. The molecule has 1 aliphatic rings. The molecule has 0 aromatic carbocycles. The van der Waals surface area contributed by atoms with Crippen LogP contribution in [0.3, 0.4) is 0 Å². The second kappa shape index (κ2) is 7.98. The van der Waals surface area contributed by atoms with Crippen molar-refractivity contribution in [2.45, 2.75) is 50.4 Å². The monoisotopic (exact) mass is 362 g/mol. The van der Waals surface area contributed by atoms with Crippen LogP contribution in [-0.2, 0) is 17.8 Å². The number of carbonyl (C=O) groups is 1. The Morgan fingerprint density at radius 2 is 2.38 bits per heavy atom. The maximum atomic E-state index is 11.9. The van der Waals surface area contributed by atoms with Crippen LogP contribution >= 0.6 is 23.1 Å². The van der Waals surface area contributed by atoms with Crippen LogP contribution in [0.1, 0.15) is 31.1 Å². The fourth-order valence-electron chi connectivity index (χ4n) is 2.41. The van der Waals surface area contributed by atoms with Gasteiger partial charge >= 0.3 is 0 Å². The van der Waals surface area contributed by atoms with Gasteiger partial charge in [0.05, 0.1) is 5.75 Å². The molecule has 2 aromatic heterocycles. The Labute approximate surface area is 150 Å². The average Bonchev–Trinajstić information content (AvgIpc) is 3.10. The number of rotatable bonds is 9. The number of hydrogen-bond acceptors (Lipinski definition) is 5. The first kappa shape index (κ1) is 17.2. The minimum atomic E-state index is 0.0676. The molecule has 0 bridgehead atoms. The van der Waals surface area contributed by atoms with Crippen molar-refractivity contribution in [3.05, 3.63) is 29.0 Å². The van der Waals surface area contributed by atoms with Gasteiger partial charge in [-0.1, -0.05) is 31.2 Å². The number of thioether (sulfide) groups is 1. The quantitative estimate of drug-likeness (QED) is 0.548.